The maximum atomic E-state index is 5.86. The first kappa shape index (κ1) is 10.4. The van der Waals surface area contributed by atoms with Crippen LogP contribution in [0.3, 0.4) is 0 Å². The van der Waals surface area contributed by atoms with E-state index in [0.29, 0.717) is 23.6 Å². The molecule has 2 heterocycles. The molecule has 3 atom stereocenters. The van der Waals surface area contributed by atoms with Gasteiger partial charge >= 0.3 is 0 Å². The van der Waals surface area contributed by atoms with E-state index in [2.05, 4.69) is 10.3 Å². The molecule has 0 bridgehead atoms. The quantitative estimate of drug-likeness (QED) is 0.876. The molecule has 3 rings (SSSR count). The molecular weight excluding hydrogens is 224 g/mol. The van der Waals surface area contributed by atoms with Crippen molar-refractivity contribution in [2.75, 3.05) is 13.2 Å². The second-order valence-electron chi connectivity index (χ2n) is 4.72. The smallest absolute Gasteiger partial charge is 0.214 e. The number of hydrogen-bond donors (Lipinski definition) is 1. The summed E-state index contributed by atoms with van der Waals surface area (Å²) in [5.41, 5.74) is 0. The van der Waals surface area contributed by atoms with Crippen LogP contribution in [-0.4, -0.2) is 24.2 Å². The van der Waals surface area contributed by atoms with Crippen molar-refractivity contribution in [3.8, 4) is 5.88 Å². The van der Waals surface area contributed by atoms with Gasteiger partial charge in [0.1, 0.15) is 6.61 Å². The number of fused-ring (bicyclic) bond motifs is 1. The largest absolute Gasteiger partial charge is 0.476 e. The van der Waals surface area contributed by atoms with Crippen molar-refractivity contribution in [2.45, 2.75) is 18.9 Å². The van der Waals surface area contributed by atoms with Crippen LogP contribution in [0.2, 0.25) is 5.02 Å². The molecule has 1 aliphatic carbocycles. The second kappa shape index (κ2) is 4.22. The lowest BCUT2D eigenvalue weighted by Crippen LogP contribution is -2.39. The summed E-state index contributed by atoms with van der Waals surface area (Å²) in [6.07, 6.45) is 4.31. The van der Waals surface area contributed by atoms with Gasteiger partial charge in [-0.2, -0.15) is 0 Å². The Labute approximate surface area is 100 Å². The summed E-state index contributed by atoms with van der Waals surface area (Å²) < 4.78 is 5.64. The van der Waals surface area contributed by atoms with E-state index in [1.54, 1.807) is 18.3 Å². The lowest BCUT2D eigenvalue weighted by atomic mass is 10.1. The van der Waals surface area contributed by atoms with Gasteiger partial charge in [-0.3, -0.25) is 0 Å². The number of nitrogens with one attached hydrogen (secondary N) is 1. The molecule has 2 fully saturated rings. The van der Waals surface area contributed by atoms with E-state index in [0.717, 1.165) is 18.4 Å². The Balaban J connectivity index is 1.52. The SMILES string of the molecule is Clc1ccnc(OC[C@@H]2C[C@@H]3C[C@@H]3CN2)c1. The van der Waals surface area contributed by atoms with E-state index in [4.69, 9.17) is 16.3 Å². The maximum Gasteiger partial charge on any atom is 0.214 e. The molecule has 0 spiro atoms. The van der Waals surface area contributed by atoms with Crippen molar-refractivity contribution in [3.63, 3.8) is 0 Å². The highest BCUT2D eigenvalue weighted by Crippen LogP contribution is 2.44. The van der Waals surface area contributed by atoms with Gasteiger partial charge in [0.05, 0.1) is 0 Å². The minimum Gasteiger partial charge on any atom is -0.476 e. The van der Waals surface area contributed by atoms with Crippen LogP contribution in [0.15, 0.2) is 18.3 Å². The molecule has 0 amide bonds. The van der Waals surface area contributed by atoms with Crippen molar-refractivity contribution in [3.05, 3.63) is 23.4 Å². The van der Waals surface area contributed by atoms with Gasteiger partial charge in [0.25, 0.3) is 0 Å². The molecular formula is C12H15ClN2O. The zero-order chi connectivity index (χ0) is 11.0. The Morgan fingerprint density at radius 2 is 2.38 bits per heavy atom. The average Bonchev–Trinajstić information content (AvgIpc) is 3.04. The van der Waals surface area contributed by atoms with Gasteiger partial charge in [-0.15, -0.1) is 0 Å². The number of pyridine rings is 1. The number of nitrogens with zero attached hydrogens (tertiary/aromatic N) is 1. The van der Waals surface area contributed by atoms with E-state index in [1.165, 1.54) is 12.8 Å². The summed E-state index contributed by atoms with van der Waals surface area (Å²) in [5.74, 6) is 2.51. The molecule has 3 nitrogen and oxygen atoms in total. The number of halogens is 1. The van der Waals surface area contributed by atoms with Gasteiger partial charge in [-0.1, -0.05) is 11.6 Å². The molecule has 1 aromatic rings. The van der Waals surface area contributed by atoms with Crippen LogP contribution < -0.4 is 10.1 Å². The first-order valence-electron chi connectivity index (χ1n) is 5.79. The van der Waals surface area contributed by atoms with Crippen LogP contribution in [-0.2, 0) is 0 Å². The third kappa shape index (κ3) is 2.30. The highest BCUT2D eigenvalue weighted by atomic mass is 35.5. The lowest BCUT2D eigenvalue weighted by molar-refractivity contribution is 0.228. The van der Waals surface area contributed by atoms with Crippen molar-refractivity contribution >= 4 is 11.6 Å². The minimum atomic E-state index is 0.476. The molecule has 1 N–H and O–H groups in total. The van der Waals surface area contributed by atoms with Crippen molar-refractivity contribution in [1.82, 2.24) is 10.3 Å². The Kier molecular flexibility index (Phi) is 2.74. The highest BCUT2D eigenvalue weighted by molar-refractivity contribution is 6.30. The van der Waals surface area contributed by atoms with Gasteiger partial charge in [0.2, 0.25) is 5.88 Å². The first-order valence-corrected chi connectivity index (χ1v) is 6.17. The predicted octanol–water partition coefficient (Wildman–Crippen LogP) is 2.11. The summed E-state index contributed by atoms with van der Waals surface area (Å²) in [6.45, 7) is 1.85. The summed E-state index contributed by atoms with van der Waals surface area (Å²) in [7, 11) is 0. The van der Waals surface area contributed by atoms with Crippen LogP contribution in [0.1, 0.15) is 12.8 Å². The number of rotatable bonds is 3. The minimum absolute atomic E-state index is 0.476. The van der Waals surface area contributed by atoms with Crippen LogP contribution in [0.5, 0.6) is 5.88 Å². The van der Waals surface area contributed by atoms with Crippen LogP contribution >= 0.6 is 11.6 Å². The number of aromatic nitrogens is 1. The normalized spacial score (nSPS) is 31.9. The maximum absolute atomic E-state index is 5.86. The molecule has 1 aromatic heterocycles. The third-order valence-electron chi connectivity index (χ3n) is 3.45. The molecule has 16 heavy (non-hydrogen) atoms. The van der Waals surface area contributed by atoms with E-state index in [9.17, 15) is 0 Å². The fraction of sp³-hybridized carbons (Fsp3) is 0.583. The molecule has 4 heteroatoms. The van der Waals surface area contributed by atoms with Crippen molar-refractivity contribution in [1.29, 1.82) is 0 Å². The topological polar surface area (TPSA) is 34.1 Å². The monoisotopic (exact) mass is 238 g/mol. The van der Waals surface area contributed by atoms with E-state index in [1.807, 2.05) is 0 Å². The van der Waals surface area contributed by atoms with Crippen LogP contribution in [0.4, 0.5) is 0 Å². The van der Waals surface area contributed by atoms with E-state index >= 15 is 0 Å². The number of hydrogen-bond acceptors (Lipinski definition) is 3. The van der Waals surface area contributed by atoms with Gasteiger partial charge in [-0.25, -0.2) is 4.98 Å². The van der Waals surface area contributed by atoms with Gasteiger partial charge in [0, 0.05) is 23.3 Å². The van der Waals surface area contributed by atoms with Gasteiger partial charge in [-0.05, 0) is 37.3 Å². The molecule has 1 saturated carbocycles. The third-order valence-corrected chi connectivity index (χ3v) is 3.69. The molecule has 1 saturated heterocycles. The number of ether oxygens (including phenoxy) is 1. The summed E-state index contributed by atoms with van der Waals surface area (Å²) in [6, 6.07) is 3.98. The Morgan fingerprint density at radius 3 is 3.19 bits per heavy atom. The molecule has 1 aliphatic heterocycles. The molecule has 2 aliphatic rings. The predicted molar refractivity (Wildman–Crippen MR) is 62.7 cm³/mol. The van der Waals surface area contributed by atoms with Crippen molar-refractivity contribution in [2.24, 2.45) is 11.8 Å². The molecule has 0 radical (unpaired) electrons. The Hall–Kier alpha value is -0.800. The molecule has 0 aromatic carbocycles. The Morgan fingerprint density at radius 1 is 1.44 bits per heavy atom. The van der Waals surface area contributed by atoms with E-state index in [-0.39, 0.29) is 0 Å². The van der Waals surface area contributed by atoms with Crippen LogP contribution in [0.25, 0.3) is 0 Å². The average molecular weight is 239 g/mol. The van der Waals surface area contributed by atoms with Crippen LogP contribution in [0, 0.1) is 11.8 Å². The first-order chi connectivity index (χ1) is 7.81. The summed E-state index contributed by atoms with van der Waals surface area (Å²) in [4.78, 5) is 4.12. The standard InChI is InChI=1S/C12H15ClN2O/c13-10-1-2-14-12(5-10)16-7-11-4-8-3-9(8)6-15-11/h1-2,5,8-9,11,15H,3-4,6-7H2/t8-,9+,11-/m0/s1. The Bertz CT molecular complexity index is 385. The fourth-order valence-electron chi connectivity index (χ4n) is 2.39. The van der Waals surface area contributed by atoms with Crippen molar-refractivity contribution < 1.29 is 4.74 Å². The zero-order valence-corrected chi connectivity index (χ0v) is 9.78. The molecule has 86 valence electrons. The lowest BCUT2D eigenvalue weighted by Gasteiger charge is -2.22. The summed E-state index contributed by atoms with van der Waals surface area (Å²) in [5, 5.41) is 4.18. The van der Waals surface area contributed by atoms with Gasteiger partial charge < -0.3 is 10.1 Å². The summed E-state index contributed by atoms with van der Waals surface area (Å²) >= 11 is 5.86. The van der Waals surface area contributed by atoms with Gasteiger partial charge in [0.15, 0.2) is 0 Å². The zero-order valence-electron chi connectivity index (χ0n) is 9.03. The second-order valence-corrected chi connectivity index (χ2v) is 5.16. The fourth-order valence-corrected chi connectivity index (χ4v) is 2.54. The highest BCUT2D eigenvalue weighted by Gasteiger charge is 2.41. The molecule has 0 unspecified atom stereocenters. The number of piperidine rings is 1. The van der Waals surface area contributed by atoms with E-state index < -0.39 is 0 Å².